The molecule has 3 N–H and O–H groups in total. The summed E-state index contributed by atoms with van der Waals surface area (Å²) in [4.78, 5) is 14.1. The van der Waals surface area contributed by atoms with Crippen molar-refractivity contribution in [1.29, 1.82) is 0 Å². The van der Waals surface area contributed by atoms with Crippen LogP contribution in [0.1, 0.15) is 18.2 Å². The molecule has 0 spiro atoms. The van der Waals surface area contributed by atoms with Crippen molar-refractivity contribution in [3.63, 3.8) is 0 Å². The van der Waals surface area contributed by atoms with E-state index in [2.05, 4.69) is 4.98 Å². The van der Waals surface area contributed by atoms with Crippen LogP contribution in [-0.4, -0.2) is 12.1 Å². The monoisotopic (exact) mass is 182 g/mol. The zero-order valence-electron chi connectivity index (χ0n) is 7.89. The zero-order chi connectivity index (χ0) is 9.84. The van der Waals surface area contributed by atoms with Crippen molar-refractivity contribution in [3.05, 3.63) is 27.7 Å². The first-order valence-electron chi connectivity index (χ1n) is 4.22. The molecule has 4 heteroatoms. The van der Waals surface area contributed by atoms with E-state index in [4.69, 9.17) is 10.5 Å². The van der Waals surface area contributed by atoms with Gasteiger partial charge in [-0.3, -0.25) is 4.79 Å². The highest BCUT2D eigenvalue weighted by Crippen LogP contribution is 2.14. The number of aryl methyl sites for hydroxylation is 1. The Balaban J connectivity index is 3.29. The van der Waals surface area contributed by atoms with Gasteiger partial charge in [-0.1, -0.05) is 6.92 Å². The molecule has 0 saturated heterocycles. The molecule has 0 aliphatic rings. The molecule has 13 heavy (non-hydrogen) atoms. The van der Waals surface area contributed by atoms with E-state index in [1.165, 1.54) is 7.11 Å². The minimum atomic E-state index is -0.154. The van der Waals surface area contributed by atoms with E-state index in [1.54, 1.807) is 0 Å². The first kappa shape index (κ1) is 9.80. The molecule has 0 bridgehead atoms. The molecular formula is C9H14N2O2. The summed E-state index contributed by atoms with van der Waals surface area (Å²) in [5.74, 6) is 0.572. The fourth-order valence-corrected chi connectivity index (χ4v) is 1.18. The van der Waals surface area contributed by atoms with Gasteiger partial charge in [0.2, 0.25) is 0 Å². The van der Waals surface area contributed by atoms with E-state index in [0.29, 0.717) is 11.3 Å². The third-order valence-electron chi connectivity index (χ3n) is 1.96. The third-order valence-corrected chi connectivity index (χ3v) is 1.96. The molecule has 1 aromatic heterocycles. The first-order valence-corrected chi connectivity index (χ1v) is 4.22. The minimum absolute atomic E-state index is 0.154. The summed E-state index contributed by atoms with van der Waals surface area (Å²) in [6.07, 6.45) is 0.774. The van der Waals surface area contributed by atoms with Gasteiger partial charge in [0.05, 0.1) is 12.7 Å². The van der Waals surface area contributed by atoms with Crippen molar-refractivity contribution < 1.29 is 4.74 Å². The highest BCUT2D eigenvalue weighted by atomic mass is 16.5. The van der Waals surface area contributed by atoms with E-state index >= 15 is 0 Å². The van der Waals surface area contributed by atoms with Gasteiger partial charge in [0.15, 0.2) is 0 Å². The Morgan fingerprint density at radius 3 is 2.77 bits per heavy atom. The van der Waals surface area contributed by atoms with Gasteiger partial charge in [0, 0.05) is 18.3 Å². The summed E-state index contributed by atoms with van der Waals surface area (Å²) < 4.78 is 5.06. The number of rotatable bonds is 3. The second kappa shape index (κ2) is 4.09. The van der Waals surface area contributed by atoms with Gasteiger partial charge in [0.25, 0.3) is 5.56 Å². The lowest BCUT2D eigenvalue weighted by Crippen LogP contribution is -2.18. The number of nitrogens with two attached hydrogens (primary N) is 1. The van der Waals surface area contributed by atoms with Crippen molar-refractivity contribution in [2.75, 3.05) is 7.11 Å². The molecule has 0 aliphatic heterocycles. The highest BCUT2D eigenvalue weighted by molar-refractivity contribution is 5.32. The smallest absolute Gasteiger partial charge is 0.256 e. The molecule has 0 unspecified atom stereocenters. The number of pyridine rings is 1. The van der Waals surface area contributed by atoms with Crippen molar-refractivity contribution in [3.8, 4) is 5.75 Å². The maximum absolute atomic E-state index is 11.4. The van der Waals surface area contributed by atoms with Crippen LogP contribution in [0, 0.1) is 0 Å². The SMILES string of the molecule is CCc1cc(OC)c(CN)c(=O)[nH]1. The number of ether oxygens (including phenoxy) is 1. The number of hydrogen-bond donors (Lipinski definition) is 2. The maximum atomic E-state index is 11.4. The van der Waals surface area contributed by atoms with Crippen LogP contribution in [-0.2, 0) is 13.0 Å². The fourth-order valence-electron chi connectivity index (χ4n) is 1.18. The van der Waals surface area contributed by atoms with Gasteiger partial charge in [-0.15, -0.1) is 0 Å². The van der Waals surface area contributed by atoms with Crippen LogP contribution in [0.2, 0.25) is 0 Å². The van der Waals surface area contributed by atoms with E-state index in [-0.39, 0.29) is 12.1 Å². The highest BCUT2D eigenvalue weighted by Gasteiger charge is 2.07. The van der Waals surface area contributed by atoms with E-state index in [0.717, 1.165) is 12.1 Å². The average Bonchev–Trinajstić information content (AvgIpc) is 2.16. The Kier molecular flexibility index (Phi) is 3.08. The molecule has 0 aliphatic carbocycles. The van der Waals surface area contributed by atoms with Gasteiger partial charge in [-0.05, 0) is 6.42 Å². The summed E-state index contributed by atoms with van der Waals surface area (Å²) in [6, 6.07) is 1.81. The summed E-state index contributed by atoms with van der Waals surface area (Å²) in [6.45, 7) is 2.16. The molecule has 0 radical (unpaired) electrons. The van der Waals surface area contributed by atoms with Crippen LogP contribution < -0.4 is 16.0 Å². The van der Waals surface area contributed by atoms with Gasteiger partial charge >= 0.3 is 0 Å². The second-order valence-electron chi connectivity index (χ2n) is 2.73. The Bertz CT molecular complexity index is 344. The molecule has 1 heterocycles. The van der Waals surface area contributed by atoms with Crippen LogP contribution >= 0.6 is 0 Å². The lowest BCUT2D eigenvalue weighted by Gasteiger charge is -2.07. The molecule has 0 aromatic carbocycles. The van der Waals surface area contributed by atoms with Gasteiger partial charge < -0.3 is 15.5 Å². The molecular weight excluding hydrogens is 168 g/mol. The lowest BCUT2D eigenvalue weighted by atomic mass is 10.2. The van der Waals surface area contributed by atoms with Gasteiger partial charge in [0.1, 0.15) is 5.75 Å². The normalized spacial score (nSPS) is 10.1. The van der Waals surface area contributed by atoms with Crippen molar-refractivity contribution in [2.24, 2.45) is 5.73 Å². The Morgan fingerprint density at radius 1 is 1.62 bits per heavy atom. The summed E-state index contributed by atoms with van der Waals surface area (Å²) in [7, 11) is 1.54. The van der Waals surface area contributed by atoms with Crippen molar-refractivity contribution >= 4 is 0 Å². The van der Waals surface area contributed by atoms with Crippen LogP contribution in [0.4, 0.5) is 0 Å². The Labute approximate surface area is 76.7 Å². The molecule has 0 saturated carbocycles. The maximum Gasteiger partial charge on any atom is 0.256 e. The average molecular weight is 182 g/mol. The molecule has 0 amide bonds. The van der Waals surface area contributed by atoms with Crippen LogP contribution in [0.25, 0.3) is 0 Å². The number of nitrogens with one attached hydrogen (secondary N) is 1. The summed E-state index contributed by atoms with van der Waals surface area (Å²) in [5, 5.41) is 0. The fraction of sp³-hybridized carbons (Fsp3) is 0.444. The largest absolute Gasteiger partial charge is 0.496 e. The minimum Gasteiger partial charge on any atom is -0.496 e. The molecule has 0 atom stereocenters. The standard InChI is InChI=1S/C9H14N2O2/c1-3-6-4-8(13-2)7(5-10)9(12)11-6/h4H,3,5,10H2,1-2H3,(H,11,12). The number of aromatic amines is 1. The number of aromatic nitrogens is 1. The van der Waals surface area contributed by atoms with Crippen molar-refractivity contribution in [1.82, 2.24) is 4.98 Å². The van der Waals surface area contributed by atoms with E-state index < -0.39 is 0 Å². The predicted octanol–water partition coefficient (Wildman–Crippen LogP) is 0.405. The quantitative estimate of drug-likeness (QED) is 0.711. The lowest BCUT2D eigenvalue weighted by molar-refractivity contribution is 0.407. The van der Waals surface area contributed by atoms with Crippen LogP contribution in [0.5, 0.6) is 5.75 Å². The Morgan fingerprint density at radius 2 is 2.31 bits per heavy atom. The third kappa shape index (κ3) is 1.89. The number of H-pyrrole nitrogens is 1. The first-order chi connectivity index (χ1) is 6.22. The van der Waals surface area contributed by atoms with Crippen molar-refractivity contribution in [2.45, 2.75) is 19.9 Å². The summed E-state index contributed by atoms with van der Waals surface area (Å²) >= 11 is 0. The second-order valence-corrected chi connectivity index (χ2v) is 2.73. The van der Waals surface area contributed by atoms with E-state index in [1.807, 2.05) is 13.0 Å². The molecule has 0 fully saturated rings. The van der Waals surface area contributed by atoms with E-state index in [9.17, 15) is 4.79 Å². The molecule has 72 valence electrons. The molecule has 4 nitrogen and oxygen atoms in total. The molecule has 1 rings (SSSR count). The Hall–Kier alpha value is -1.29. The number of hydrogen-bond acceptors (Lipinski definition) is 3. The van der Waals surface area contributed by atoms with Crippen LogP contribution in [0.15, 0.2) is 10.9 Å². The topological polar surface area (TPSA) is 68.1 Å². The van der Waals surface area contributed by atoms with Crippen LogP contribution in [0.3, 0.4) is 0 Å². The van der Waals surface area contributed by atoms with Gasteiger partial charge in [-0.2, -0.15) is 0 Å². The summed E-state index contributed by atoms with van der Waals surface area (Å²) in [5.41, 5.74) is 6.62. The molecule has 1 aromatic rings. The zero-order valence-corrected chi connectivity index (χ0v) is 7.89. The predicted molar refractivity (Wildman–Crippen MR) is 50.9 cm³/mol. The van der Waals surface area contributed by atoms with Gasteiger partial charge in [-0.25, -0.2) is 0 Å². The number of methoxy groups -OCH3 is 1.